The quantitative estimate of drug-likeness (QED) is 0.523. The third-order valence-electron chi connectivity index (χ3n) is 3.38. The van der Waals surface area contributed by atoms with Crippen LogP contribution in [-0.4, -0.2) is 54.3 Å². The topological polar surface area (TPSA) is 129 Å². The minimum absolute atomic E-state index is 0.0708. The van der Waals surface area contributed by atoms with Gasteiger partial charge in [-0.05, 0) is 28.1 Å². The molecule has 2 aromatic heterocycles. The number of alkyl halides is 4. The van der Waals surface area contributed by atoms with Crippen molar-refractivity contribution >= 4 is 29.2 Å². The number of amides is 2. The lowest BCUT2D eigenvalue weighted by atomic mass is 10.2. The molecule has 0 fully saturated rings. The van der Waals surface area contributed by atoms with E-state index in [0.717, 1.165) is 21.7 Å². The van der Waals surface area contributed by atoms with E-state index in [1.54, 1.807) is 0 Å². The molecule has 0 bridgehead atoms. The number of nitrogens with zero attached hydrogens (tertiary/aromatic N) is 6. The Hall–Kier alpha value is -3.68. The molecule has 2 N–H and O–H groups in total. The molecule has 0 radical (unpaired) electrons. The number of hydrogen-bond acceptors (Lipinski definition) is 7. The highest BCUT2D eigenvalue weighted by atomic mass is 35.5. The van der Waals surface area contributed by atoms with Gasteiger partial charge in [0.15, 0.2) is 11.5 Å². The molecule has 0 aliphatic rings. The molecule has 0 atom stereocenters. The van der Waals surface area contributed by atoms with E-state index in [2.05, 4.69) is 36.0 Å². The fraction of sp³-hybridized carbons (Fsp3) is 0.200. The van der Waals surface area contributed by atoms with Crippen molar-refractivity contribution in [1.29, 1.82) is 0 Å². The first-order chi connectivity index (χ1) is 14.2. The van der Waals surface area contributed by atoms with Gasteiger partial charge in [0.25, 0.3) is 5.91 Å². The highest BCUT2D eigenvalue weighted by molar-refractivity contribution is 6.28. The van der Waals surface area contributed by atoms with Gasteiger partial charge < -0.3 is 15.4 Å². The lowest BCUT2D eigenvalue weighted by Gasteiger charge is -2.10. The summed E-state index contributed by atoms with van der Waals surface area (Å²) in [5.41, 5.74) is 0.299. The van der Waals surface area contributed by atoms with Gasteiger partial charge in [-0.1, -0.05) is 12.1 Å². The third kappa shape index (κ3) is 5.66. The van der Waals surface area contributed by atoms with Crippen LogP contribution in [0.5, 0.6) is 5.75 Å². The van der Waals surface area contributed by atoms with Crippen molar-refractivity contribution in [3.63, 3.8) is 0 Å². The van der Waals surface area contributed by atoms with Crippen molar-refractivity contribution in [2.45, 2.75) is 12.9 Å². The Morgan fingerprint density at radius 2 is 1.87 bits per heavy atom. The summed E-state index contributed by atoms with van der Waals surface area (Å²) in [6.07, 6.45) is -2.26. The molecule has 0 aliphatic carbocycles. The Morgan fingerprint density at radius 1 is 1.13 bits per heavy atom. The first kappa shape index (κ1) is 21.0. The van der Waals surface area contributed by atoms with Gasteiger partial charge in [-0.3, -0.25) is 9.59 Å². The van der Waals surface area contributed by atoms with Crippen LogP contribution in [0.1, 0.15) is 16.1 Å². The van der Waals surface area contributed by atoms with Gasteiger partial charge in [-0.2, -0.15) is 0 Å². The zero-order valence-electron chi connectivity index (χ0n) is 14.8. The van der Waals surface area contributed by atoms with E-state index in [1.807, 2.05) is 0 Å². The van der Waals surface area contributed by atoms with Gasteiger partial charge >= 0.3 is 6.36 Å². The fourth-order valence-electron chi connectivity index (χ4n) is 2.17. The van der Waals surface area contributed by atoms with E-state index >= 15 is 0 Å². The maximum Gasteiger partial charge on any atom is 0.573 e. The van der Waals surface area contributed by atoms with Crippen molar-refractivity contribution in [2.75, 3.05) is 11.2 Å². The van der Waals surface area contributed by atoms with Crippen molar-refractivity contribution in [3.8, 4) is 5.75 Å². The molecule has 15 heteroatoms. The van der Waals surface area contributed by atoms with Crippen LogP contribution >= 0.6 is 11.6 Å². The zero-order valence-corrected chi connectivity index (χ0v) is 15.6. The van der Waals surface area contributed by atoms with E-state index in [-0.39, 0.29) is 23.9 Å². The van der Waals surface area contributed by atoms with Crippen LogP contribution in [0.2, 0.25) is 0 Å². The molecular weight excluding hydrogens is 433 g/mol. The van der Waals surface area contributed by atoms with Crippen LogP contribution < -0.4 is 15.4 Å². The first-order valence-corrected chi connectivity index (χ1v) is 8.61. The molecule has 30 heavy (non-hydrogen) atoms. The molecule has 0 saturated carbocycles. The summed E-state index contributed by atoms with van der Waals surface area (Å²) in [6.45, 7) is -0.0708. The van der Waals surface area contributed by atoms with Gasteiger partial charge in [0.2, 0.25) is 5.91 Å². The number of anilines is 1. The predicted octanol–water partition coefficient (Wildman–Crippen LogP) is 1.19. The second kappa shape index (κ2) is 8.77. The highest BCUT2D eigenvalue weighted by Crippen LogP contribution is 2.23. The average Bonchev–Trinajstić information content (AvgIpc) is 3.34. The van der Waals surface area contributed by atoms with Gasteiger partial charge in [-0.15, -0.1) is 44.6 Å². The number of aromatic nitrogens is 6. The van der Waals surface area contributed by atoms with Gasteiger partial charge in [-0.25, -0.2) is 0 Å². The van der Waals surface area contributed by atoms with Crippen molar-refractivity contribution in [1.82, 2.24) is 35.5 Å². The molecule has 0 saturated heterocycles. The van der Waals surface area contributed by atoms with Gasteiger partial charge in [0.1, 0.15) is 11.6 Å². The summed E-state index contributed by atoms with van der Waals surface area (Å²) >= 11 is 5.38. The second-order valence-corrected chi connectivity index (χ2v) is 5.88. The van der Waals surface area contributed by atoms with Crippen molar-refractivity contribution in [2.24, 2.45) is 0 Å². The Balaban J connectivity index is 1.61. The predicted molar refractivity (Wildman–Crippen MR) is 94.5 cm³/mol. The Bertz CT molecular complexity index is 1050. The molecule has 0 aliphatic heterocycles. The summed E-state index contributed by atoms with van der Waals surface area (Å²) in [4.78, 5) is 25.6. The van der Waals surface area contributed by atoms with Gasteiger partial charge in [0, 0.05) is 6.54 Å². The van der Waals surface area contributed by atoms with Gasteiger partial charge in [0.05, 0.1) is 12.4 Å². The molecule has 2 amide bonds. The van der Waals surface area contributed by atoms with E-state index in [4.69, 9.17) is 11.6 Å². The number of ether oxygens (including phenoxy) is 1. The lowest BCUT2D eigenvalue weighted by Crippen LogP contribution is -2.23. The molecule has 0 unspecified atom stereocenters. The van der Waals surface area contributed by atoms with E-state index in [1.165, 1.54) is 24.5 Å². The minimum atomic E-state index is -4.81. The lowest BCUT2D eigenvalue weighted by molar-refractivity contribution is -0.274. The zero-order chi connectivity index (χ0) is 21.7. The molecule has 1 aromatic carbocycles. The number of carbonyl (C=O) groups is 2. The normalized spacial score (nSPS) is 11.2. The van der Waals surface area contributed by atoms with Crippen LogP contribution in [0.25, 0.3) is 0 Å². The number of carbonyl (C=O) groups excluding carboxylic acids is 2. The molecule has 3 rings (SSSR count). The maximum atomic E-state index is 12.3. The molecular formula is C15H12ClF3N8O3. The number of rotatable bonds is 7. The summed E-state index contributed by atoms with van der Waals surface area (Å²) in [5, 5.41) is 19.7. The van der Waals surface area contributed by atoms with Crippen LogP contribution in [0, 0.1) is 0 Å². The Kier molecular flexibility index (Phi) is 6.15. The minimum Gasteiger partial charge on any atom is -0.406 e. The van der Waals surface area contributed by atoms with Crippen molar-refractivity contribution in [3.05, 3.63) is 47.9 Å². The van der Waals surface area contributed by atoms with Crippen LogP contribution in [0.3, 0.4) is 0 Å². The van der Waals surface area contributed by atoms with Crippen molar-refractivity contribution < 1.29 is 27.5 Å². The van der Waals surface area contributed by atoms with Crippen LogP contribution in [0.15, 0.2) is 36.7 Å². The summed E-state index contributed by atoms with van der Waals surface area (Å²) < 4.78 is 40.7. The average molecular weight is 445 g/mol. The molecule has 2 heterocycles. The van der Waals surface area contributed by atoms with E-state index in [9.17, 15) is 22.8 Å². The highest BCUT2D eigenvalue weighted by Gasteiger charge is 2.31. The summed E-state index contributed by atoms with van der Waals surface area (Å²) in [5.74, 6) is -1.65. The molecule has 3 aromatic rings. The Morgan fingerprint density at radius 3 is 2.60 bits per heavy atom. The fourth-order valence-corrected chi connectivity index (χ4v) is 2.24. The standard InChI is InChI=1S/C15H12ClF3N8O3/c16-5-13(28)21-12-8-27(25-23-12)26-7-11(22-24-26)14(29)20-6-9-2-1-3-10(4-9)30-15(17,18)19/h1-4,7-8H,5-6H2,(H,20,29)(H,21,28). The molecule has 158 valence electrons. The molecule has 11 nitrogen and oxygen atoms in total. The first-order valence-electron chi connectivity index (χ1n) is 8.07. The second-order valence-electron chi connectivity index (χ2n) is 5.61. The Labute approximate surface area is 170 Å². The number of benzene rings is 1. The van der Waals surface area contributed by atoms with Crippen LogP contribution in [-0.2, 0) is 11.3 Å². The van der Waals surface area contributed by atoms with E-state index < -0.39 is 23.9 Å². The SMILES string of the molecule is O=C(CCl)Nc1cn(-n2cc(C(=O)NCc3cccc(OC(F)(F)F)c3)nn2)nn1. The summed E-state index contributed by atoms with van der Waals surface area (Å²) in [7, 11) is 0. The third-order valence-corrected chi connectivity index (χ3v) is 3.62. The molecule has 0 spiro atoms. The number of halogens is 4. The summed E-state index contributed by atoms with van der Waals surface area (Å²) in [6, 6.07) is 5.18. The van der Waals surface area contributed by atoms with Crippen LogP contribution in [0.4, 0.5) is 19.0 Å². The number of hydrogen-bond donors (Lipinski definition) is 2. The maximum absolute atomic E-state index is 12.3. The van der Waals surface area contributed by atoms with E-state index in [0.29, 0.717) is 5.56 Å². The smallest absolute Gasteiger partial charge is 0.406 e. The largest absolute Gasteiger partial charge is 0.573 e. The number of nitrogens with one attached hydrogen (secondary N) is 2. The monoisotopic (exact) mass is 444 g/mol.